The lowest BCUT2D eigenvalue weighted by Crippen LogP contribution is -2.41. The van der Waals surface area contributed by atoms with Crippen LogP contribution in [0.1, 0.15) is 43.2 Å². The van der Waals surface area contributed by atoms with E-state index in [9.17, 15) is 4.79 Å². The fraction of sp³-hybridized carbons (Fsp3) is 0.458. The van der Waals surface area contributed by atoms with Crippen LogP contribution in [0.3, 0.4) is 0 Å². The van der Waals surface area contributed by atoms with Crippen LogP contribution in [0.4, 0.5) is 0 Å². The zero-order valence-electron chi connectivity index (χ0n) is 16.2. The molecule has 0 spiro atoms. The van der Waals surface area contributed by atoms with Gasteiger partial charge in [0, 0.05) is 25.7 Å². The second-order valence-electron chi connectivity index (χ2n) is 8.17. The summed E-state index contributed by atoms with van der Waals surface area (Å²) < 4.78 is 0. The van der Waals surface area contributed by atoms with Gasteiger partial charge in [-0.2, -0.15) is 0 Å². The number of fused-ring (bicyclic) bond motifs is 1. The first kappa shape index (κ1) is 18.2. The van der Waals surface area contributed by atoms with Crippen LogP contribution >= 0.6 is 0 Å². The standard InChI is InChI=1S/C24H30N2O/c1-2-21(19-11-7-4-8-12-19)24(27)25-23-14-13-20-16-26(17-22(20)23)15-18-9-5-3-6-10-18/h3-12,20-23H,2,13-17H2,1H3,(H,25,27)/t20-,21-,22+,23+/m1/s1. The first-order chi connectivity index (χ1) is 13.2. The van der Waals surface area contributed by atoms with Gasteiger partial charge in [-0.05, 0) is 42.2 Å². The number of likely N-dealkylation sites (tertiary alicyclic amines) is 1. The molecule has 1 N–H and O–H groups in total. The highest BCUT2D eigenvalue weighted by molar-refractivity contribution is 5.83. The van der Waals surface area contributed by atoms with Crippen molar-refractivity contribution < 1.29 is 4.79 Å². The van der Waals surface area contributed by atoms with Crippen molar-refractivity contribution >= 4 is 5.91 Å². The van der Waals surface area contributed by atoms with Crippen molar-refractivity contribution in [1.29, 1.82) is 0 Å². The molecule has 2 aromatic rings. The lowest BCUT2D eigenvalue weighted by atomic mass is 9.93. The molecule has 27 heavy (non-hydrogen) atoms. The largest absolute Gasteiger partial charge is 0.353 e. The monoisotopic (exact) mass is 362 g/mol. The Balaban J connectivity index is 1.37. The molecule has 1 amide bonds. The minimum Gasteiger partial charge on any atom is -0.353 e. The second kappa shape index (κ2) is 8.26. The first-order valence-electron chi connectivity index (χ1n) is 10.4. The Kier molecular flexibility index (Phi) is 5.58. The van der Waals surface area contributed by atoms with Crippen LogP contribution in [0.2, 0.25) is 0 Å². The molecule has 0 bridgehead atoms. The van der Waals surface area contributed by atoms with E-state index in [1.54, 1.807) is 0 Å². The molecule has 142 valence electrons. The van der Waals surface area contributed by atoms with Crippen LogP contribution in [0.25, 0.3) is 0 Å². The molecule has 0 aromatic heterocycles. The molecule has 1 heterocycles. The van der Waals surface area contributed by atoms with E-state index in [2.05, 4.69) is 59.6 Å². The Hall–Kier alpha value is -2.13. The predicted molar refractivity (Wildman–Crippen MR) is 109 cm³/mol. The van der Waals surface area contributed by atoms with Gasteiger partial charge in [-0.1, -0.05) is 67.6 Å². The molecule has 1 saturated carbocycles. The number of benzene rings is 2. The summed E-state index contributed by atoms with van der Waals surface area (Å²) in [6.07, 6.45) is 3.21. The highest BCUT2D eigenvalue weighted by Gasteiger charge is 2.43. The molecule has 0 unspecified atom stereocenters. The van der Waals surface area contributed by atoms with Crippen LogP contribution in [-0.2, 0) is 11.3 Å². The zero-order valence-corrected chi connectivity index (χ0v) is 16.2. The Labute approximate surface area is 162 Å². The predicted octanol–water partition coefficient (Wildman–Crippen LogP) is 4.21. The van der Waals surface area contributed by atoms with Gasteiger partial charge in [-0.3, -0.25) is 9.69 Å². The van der Waals surface area contributed by atoms with Crippen LogP contribution in [0.15, 0.2) is 60.7 Å². The Morgan fingerprint density at radius 2 is 1.74 bits per heavy atom. The normalized spacial score (nSPS) is 25.9. The number of hydrogen-bond acceptors (Lipinski definition) is 2. The number of carbonyl (C=O) groups is 1. The maximum atomic E-state index is 13.0. The summed E-state index contributed by atoms with van der Waals surface area (Å²) in [5.74, 6) is 1.50. The number of rotatable bonds is 6. The Bertz CT molecular complexity index is 745. The average molecular weight is 363 g/mol. The van der Waals surface area contributed by atoms with Crippen LogP contribution < -0.4 is 5.32 Å². The number of nitrogens with one attached hydrogen (secondary N) is 1. The SMILES string of the molecule is CC[C@@H](C(=O)N[C@H]1CC[C@@H]2CN(Cc3ccccc3)C[C@@H]21)c1ccccc1. The van der Waals surface area contributed by atoms with Gasteiger partial charge in [0.25, 0.3) is 0 Å². The lowest BCUT2D eigenvalue weighted by molar-refractivity contribution is -0.123. The van der Waals surface area contributed by atoms with Gasteiger partial charge in [-0.15, -0.1) is 0 Å². The highest BCUT2D eigenvalue weighted by atomic mass is 16.1. The quantitative estimate of drug-likeness (QED) is 0.835. The third-order valence-electron chi connectivity index (χ3n) is 6.44. The summed E-state index contributed by atoms with van der Waals surface area (Å²) in [5.41, 5.74) is 2.51. The molecule has 2 aromatic carbocycles. The van der Waals surface area contributed by atoms with Gasteiger partial charge < -0.3 is 5.32 Å². The number of amides is 1. The van der Waals surface area contributed by atoms with E-state index in [1.165, 1.54) is 18.5 Å². The molecule has 1 aliphatic heterocycles. The minimum absolute atomic E-state index is 0.0351. The van der Waals surface area contributed by atoms with Crippen LogP contribution in [-0.4, -0.2) is 29.9 Å². The van der Waals surface area contributed by atoms with Crippen LogP contribution in [0.5, 0.6) is 0 Å². The van der Waals surface area contributed by atoms with Gasteiger partial charge in [0.05, 0.1) is 5.92 Å². The molecule has 0 radical (unpaired) electrons. The summed E-state index contributed by atoms with van der Waals surface area (Å²) in [6, 6.07) is 21.3. The lowest BCUT2D eigenvalue weighted by Gasteiger charge is -2.24. The van der Waals surface area contributed by atoms with E-state index >= 15 is 0 Å². The summed E-state index contributed by atoms with van der Waals surface area (Å²) >= 11 is 0. The molecule has 2 aliphatic rings. The van der Waals surface area contributed by atoms with E-state index in [0.29, 0.717) is 12.0 Å². The van der Waals surface area contributed by atoms with Crippen molar-refractivity contribution in [2.45, 2.75) is 44.7 Å². The van der Waals surface area contributed by atoms with Crippen molar-refractivity contribution in [2.24, 2.45) is 11.8 Å². The molecule has 1 saturated heterocycles. The Morgan fingerprint density at radius 1 is 1.04 bits per heavy atom. The van der Waals surface area contributed by atoms with E-state index in [1.807, 2.05) is 18.2 Å². The maximum Gasteiger partial charge on any atom is 0.227 e. The van der Waals surface area contributed by atoms with Crippen molar-refractivity contribution in [1.82, 2.24) is 10.2 Å². The third kappa shape index (κ3) is 4.08. The van der Waals surface area contributed by atoms with Gasteiger partial charge in [-0.25, -0.2) is 0 Å². The van der Waals surface area contributed by atoms with Gasteiger partial charge in [0.2, 0.25) is 5.91 Å². The maximum absolute atomic E-state index is 13.0. The van der Waals surface area contributed by atoms with Crippen molar-refractivity contribution in [3.05, 3.63) is 71.8 Å². The van der Waals surface area contributed by atoms with Crippen molar-refractivity contribution in [3.8, 4) is 0 Å². The van der Waals surface area contributed by atoms with Crippen molar-refractivity contribution in [2.75, 3.05) is 13.1 Å². The molecule has 4 rings (SSSR count). The third-order valence-corrected chi connectivity index (χ3v) is 6.44. The zero-order chi connectivity index (χ0) is 18.6. The number of hydrogen-bond donors (Lipinski definition) is 1. The molecule has 1 aliphatic carbocycles. The molecule has 3 nitrogen and oxygen atoms in total. The number of carbonyl (C=O) groups excluding carboxylic acids is 1. The highest BCUT2D eigenvalue weighted by Crippen LogP contribution is 2.39. The summed E-state index contributed by atoms with van der Waals surface area (Å²) in [4.78, 5) is 15.5. The first-order valence-corrected chi connectivity index (χ1v) is 10.4. The van der Waals surface area contributed by atoms with Gasteiger partial charge in [0.1, 0.15) is 0 Å². The number of nitrogens with zero attached hydrogens (tertiary/aromatic N) is 1. The molecular weight excluding hydrogens is 332 g/mol. The topological polar surface area (TPSA) is 32.3 Å². The average Bonchev–Trinajstić information content (AvgIpc) is 3.25. The van der Waals surface area contributed by atoms with E-state index in [-0.39, 0.29) is 11.8 Å². The molecule has 3 heteroatoms. The van der Waals surface area contributed by atoms with E-state index in [4.69, 9.17) is 0 Å². The minimum atomic E-state index is -0.0351. The van der Waals surface area contributed by atoms with E-state index in [0.717, 1.165) is 37.4 Å². The van der Waals surface area contributed by atoms with Gasteiger partial charge >= 0.3 is 0 Å². The summed E-state index contributed by atoms with van der Waals surface area (Å²) in [6.45, 7) is 5.40. The van der Waals surface area contributed by atoms with E-state index < -0.39 is 0 Å². The second-order valence-corrected chi connectivity index (χ2v) is 8.17. The molecule has 4 atom stereocenters. The smallest absolute Gasteiger partial charge is 0.227 e. The fourth-order valence-corrected chi connectivity index (χ4v) is 5.05. The summed E-state index contributed by atoms with van der Waals surface area (Å²) in [5, 5.41) is 3.42. The molecule has 2 fully saturated rings. The van der Waals surface area contributed by atoms with Crippen LogP contribution in [0, 0.1) is 11.8 Å². The fourth-order valence-electron chi connectivity index (χ4n) is 5.05. The molecular formula is C24H30N2O. The summed E-state index contributed by atoms with van der Waals surface area (Å²) in [7, 11) is 0. The van der Waals surface area contributed by atoms with Crippen molar-refractivity contribution in [3.63, 3.8) is 0 Å². The Morgan fingerprint density at radius 3 is 2.44 bits per heavy atom. The van der Waals surface area contributed by atoms with Gasteiger partial charge in [0.15, 0.2) is 0 Å².